The summed E-state index contributed by atoms with van der Waals surface area (Å²) in [6, 6.07) is 7.07. The molecule has 0 bridgehead atoms. The molecule has 20 heavy (non-hydrogen) atoms. The van der Waals surface area contributed by atoms with Gasteiger partial charge in [0.25, 0.3) is 0 Å². The molecule has 1 aliphatic carbocycles. The number of nitrogens with zero attached hydrogens (tertiary/aromatic N) is 1. The molecular formula is C15H19NO4. The highest BCUT2D eigenvalue weighted by molar-refractivity contribution is 6.11. The summed E-state index contributed by atoms with van der Waals surface area (Å²) >= 11 is 0. The van der Waals surface area contributed by atoms with E-state index in [2.05, 4.69) is 0 Å². The zero-order valence-electron chi connectivity index (χ0n) is 11.9. The third-order valence-electron chi connectivity index (χ3n) is 3.47. The van der Waals surface area contributed by atoms with Crippen molar-refractivity contribution in [3.63, 3.8) is 0 Å². The van der Waals surface area contributed by atoms with Gasteiger partial charge in [-0.3, -0.25) is 9.59 Å². The number of carbonyl (C=O) groups excluding carboxylic acids is 1. The minimum atomic E-state index is -1.21. The summed E-state index contributed by atoms with van der Waals surface area (Å²) in [7, 11) is 1.60. The predicted molar refractivity (Wildman–Crippen MR) is 74.9 cm³/mol. The lowest BCUT2D eigenvalue weighted by Gasteiger charge is -2.21. The monoisotopic (exact) mass is 277 g/mol. The molecule has 0 aliphatic heterocycles. The van der Waals surface area contributed by atoms with Crippen molar-refractivity contribution < 1.29 is 19.4 Å². The number of benzene rings is 1. The van der Waals surface area contributed by atoms with Gasteiger partial charge in [-0.15, -0.1) is 0 Å². The molecule has 0 heterocycles. The molecule has 1 fully saturated rings. The van der Waals surface area contributed by atoms with Crippen LogP contribution in [-0.4, -0.2) is 30.1 Å². The third-order valence-corrected chi connectivity index (χ3v) is 3.47. The highest BCUT2D eigenvalue weighted by atomic mass is 16.5. The van der Waals surface area contributed by atoms with Crippen LogP contribution in [0.25, 0.3) is 0 Å². The Morgan fingerprint density at radius 3 is 2.20 bits per heavy atom. The molecule has 5 heteroatoms. The van der Waals surface area contributed by atoms with Gasteiger partial charge in [-0.2, -0.15) is 0 Å². The Balaban J connectivity index is 2.11. The zero-order chi connectivity index (χ0) is 14.9. The van der Waals surface area contributed by atoms with Crippen LogP contribution >= 0.6 is 0 Å². The average Bonchev–Trinajstić information content (AvgIpc) is 3.18. The first-order valence-corrected chi connectivity index (χ1v) is 6.65. The van der Waals surface area contributed by atoms with Crippen molar-refractivity contribution in [3.05, 3.63) is 24.3 Å². The molecule has 1 aromatic rings. The quantitative estimate of drug-likeness (QED) is 0.839. The Labute approximate surface area is 118 Å². The van der Waals surface area contributed by atoms with Crippen molar-refractivity contribution in [2.24, 2.45) is 5.41 Å². The van der Waals surface area contributed by atoms with Crippen molar-refractivity contribution in [2.45, 2.75) is 32.8 Å². The van der Waals surface area contributed by atoms with Crippen molar-refractivity contribution in [1.82, 2.24) is 0 Å². The van der Waals surface area contributed by atoms with Gasteiger partial charge >= 0.3 is 5.97 Å². The van der Waals surface area contributed by atoms with E-state index in [9.17, 15) is 9.59 Å². The van der Waals surface area contributed by atoms with Crippen LogP contribution in [0.2, 0.25) is 0 Å². The van der Waals surface area contributed by atoms with Crippen LogP contribution in [0.4, 0.5) is 5.69 Å². The van der Waals surface area contributed by atoms with Crippen molar-refractivity contribution in [1.29, 1.82) is 0 Å². The Morgan fingerprint density at radius 2 is 1.80 bits per heavy atom. The third kappa shape index (κ3) is 2.61. The van der Waals surface area contributed by atoms with Crippen molar-refractivity contribution >= 4 is 17.6 Å². The van der Waals surface area contributed by atoms with Gasteiger partial charge in [-0.1, -0.05) is 0 Å². The number of aliphatic carboxylic acids is 1. The molecule has 108 valence electrons. The van der Waals surface area contributed by atoms with Gasteiger partial charge in [0.05, 0.1) is 6.10 Å². The molecule has 1 aromatic carbocycles. The number of amides is 1. The lowest BCUT2D eigenvalue weighted by molar-refractivity contribution is -0.148. The highest BCUT2D eigenvalue weighted by Crippen LogP contribution is 2.47. The maximum atomic E-state index is 12.2. The van der Waals surface area contributed by atoms with Crippen molar-refractivity contribution in [2.75, 3.05) is 11.9 Å². The summed E-state index contributed by atoms with van der Waals surface area (Å²) in [5.41, 5.74) is -0.541. The summed E-state index contributed by atoms with van der Waals surface area (Å²) < 4.78 is 5.53. The highest BCUT2D eigenvalue weighted by Gasteiger charge is 2.58. The Hall–Kier alpha value is -2.04. The predicted octanol–water partition coefficient (Wildman–Crippen LogP) is 2.30. The summed E-state index contributed by atoms with van der Waals surface area (Å²) in [4.78, 5) is 24.8. The molecule has 0 saturated heterocycles. The van der Waals surface area contributed by atoms with E-state index in [1.54, 1.807) is 31.3 Å². The van der Waals surface area contributed by atoms with Crippen LogP contribution in [0.1, 0.15) is 26.7 Å². The van der Waals surface area contributed by atoms with E-state index in [1.807, 2.05) is 13.8 Å². The first-order valence-electron chi connectivity index (χ1n) is 6.65. The van der Waals surface area contributed by atoms with Gasteiger partial charge in [-0.25, -0.2) is 0 Å². The standard InChI is InChI=1S/C15H19NO4/c1-10(2)20-12-6-4-11(5-7-12)16(3)13(17)15(8-9-15)14(18)19/h4-7,10H,8-9H2,1-3H3,(H,18,19). The molecule has 0 radical (unpaired) electrons. The Morgan fingerprint density at radius 1 is 1.25 bits per heavy atom. The van der Waals surface area contributed by atoms with Crippen LogP contribution in [0.15, 0.2) is 24.3 Å². The van der Waals surface area contributed by atoms with E-state index >= 15 is 0 Å². The molecule has 1 N–H and O–H groups in total. The first kappa shape index (κ1) is 14.4. The Kier molecular flexibility index (Phi) is 3.70. The van der Waals surface area contributed by atoms with Gasteiger partial charge in [0.1, 0.15) is 11.2 Å². The van der Waals surface area contributed by atoms with E-state index in [-0.39, 0.29) is 12.0 Å². The van der Waals surface area contributed by atoms with Crippen LogP contribution in [0, 0.1) is 5.41 Å². The maximum Gasteiger partial charge on any atom is 0.319 e. The number of rotatable bonds is 5. The van der Waals surface area contributed by atoms with E-state index in [1.165, 1.54) is 4.90 Å². The fourth-order valence-corrected chi connectivity index (χ4v) is 2.10. The number of anilines is 1. The first-order chi connectivity index (χ1) is 9.36. The number of carboxylic acid groups (broad SMARTS) is 1. The summed E-state index contributed by atoms with van der Waals surface area (Å²) in [5.74, 6) is -0.666. The summed E-state index contributed by atoms with van der Waals surface area (Å²) in [6.45, 7) is 3.88. The molecule has 2 rings (SSSR count). The van der Waals surface area contributed by atoms with Gasteiger partial charge < -0.3 is 14.7 Å². The van der Waals surface area contributed by atoms with Gasteiger partial charge in [0.15, 0.2) is 0 Å². The van der Waals surface area contributed by atoms with Crippen molar-refractivity contribution in [3.8, 4) is 5.75 Å². The van der Waals surface area contributed by atoms with Gasteiger partial charge in [0.2, 0.25) is 5.91 Å². The number of hydrogen-bond donors (Lipinski definition) is 1. The number of hydrogen-bond acceptors (Lipinski definition) is 3. The van der Waals surface area contributed by atoms with Crippen LogP contribution < -0.4 is 9.64 Å². The van der Waals surface area contributed by atoms with E-state index in [4.69, 9.17) is 9.84 Å². The molecular weight excluding hydrogens is 258 g/mol. The second-order valence-corrected chi connectivity index (χ2v) is 5.41. The van der Waals surface area contributed by atoms with E-state index < -0.39 is 11.4 Å². The molecule has 0 spiro atoms. The molecule has 1 saturated carbocycles. The van der Waals surface area contributed by atoms with E-state index in [0.29, 0.717) is 18.5 Å². The largest absolute Gasteiger partial charge is 0.491 e. The Bertz CT molecular complexity index is 517. The molecule has 5 nitrogen and oxygen atoms in total. The van der Waals surface area contributed by atoms with Crippen LogP contribution in [0.3, 0.4) is 0 Å². The zero-order valence-corrected chi connectivity index (χ0v) is 11.9. The van der Waals surface area contributed by atoms with Gasteiger partial charge in [0, 0.05) is 12.7 Å². The lowest BCUT2D eigenvalue weighted by Crippen LogP contribution is -2.38. The molecule has 0 aromatic heterocycles. The fourth-order valence-electron chi connectivity index (χ4n) is 2.10. The summed E-state index contributed by atoms with van der Waals surface area (Å²) in [6.07, 6.45) is 0.919. The molecule has 0 atom stereocenters. The minimum Gasteiger partial charge on any atom is -0.491 e. The maximum absolute atomic E-state index is 12.2. The second kappa shape index (κ2) is 5.15. The fraction of sp³-hybridized carbons (Fsp3) is 0.467. The molecule has 1 amide bonds. The van der Waals surface area contributed by atoms with Crippen LogP contribution in [0.5, 0.6) is 5.75 Å². The smallest absolute Gasteiger partial charge is 0.319 e. The number of ether oxygens (including phenoxy) is 1. The average molecular weight is 277 g/mol. The minimum absolute atomic E-state index is 0.0851. The summed E-state index contributed by atoms with van der Waals surface area (Å²) in [5, 5.41) is 9.15. The van der Waals surface area contributed by atoms with E-state index in [0.717, 1.165) is 5.75 Å². The molecule has 0 unspecified atom stereocenters. The number of carboxylic acids is 1. The topological polar surface area (TPSA) is 66.8 Å². The normalized spacial score (nSPS) is 15.8. The van der Waals surface area contributed by atoms with Gasteiger partial charge in [-0.05, 0) is 51.0 Å². The second-order valence-electron chi connectivity index (χ2n) is 5.41. The number of carbonyl (C=O) groups is 2. The lowest BCUT2D eigenvalue weighted by atomic mass is 10.1. The SMILES string of the molecule is CC(C)Oc1ccc(N(C)C(=O)C2(C(=O)O)CC2)cc1. The van der Waals surface area contributed by atoms with Crippen LogP contribution in [-0.2, 0) is 9.59 Å². The molecule has 1 aliphatic rings.